The van der Waals surface area contributed by atoms with Gasteiger partial charge < -0.3 is 14.8 Å². The molecule has 0 bridgehead atoms. The number of piperazine rings is 1. The standard InChI is InChI=1S/C8H16N2O3/c1-7(11)12-6-13-8-5-9-3-4-10(8)2/h8-9H,3-6H2,1-2H3. The highest BCUT2D eigenvalue weighted by Gasteiger charge is 2.18. The van der Waals surface area contributed by atoms with Crippen LogP contribution in [0, 0.1) is 0 Å². The Morgan fingerprint density at radius 2 is 2.46 bits per heavy atom. The maximum Gasteiger partial charge on any atom is 0.304 e. The molecule has 1 atom stereocenters. The normalized spacial score (nSPS) is 24.3. The van der Waals surface area contributed by atoms with Crippen molar-refractivity contribution < 1.29 is 14.3 Å². The summed E-state index contributed by atoms with van der Waals surface area (Å²) in [4.78, 5) is 12.5. The molecule has 0 saturated carbocycles. The van der Waals surface area contributed by atoms with Crippen LogP contribution < -0.4 is 5.32 Å². The van der Waals surface area contributed by atoms with Crippen LogP contribution in [0.2, 0.25) is 0 Å². The van der Waals surface area contributed by atoms with Gasteiger partial charge in [0.05, 0.1) is 0 Å². The average molecular weight is 188 g/mol. The van der Waals surface area contributed by atoms with Gasteiger partial charge in [0.2, 0.25) is 0 Å². The van der Waals surface area contributed by atoms with Gasteiger partial charge in [0.15, 0.2) is 6.79 Å². The maximum atomic E-state index is 10.4. The number of carbonyl (C=O) groups excluding carboxylic acids is 1. The van der Waals surface area contributed by atoms with E-state index in [1.54, 1.807) is 0 Å². The molecule has 76 valence electrons. The number of hydrogen-bond acceptors (Lipinski definition) is 5. The summed E-state index contributed by atoms with van der Waals surface area (Å²) in [6, 6.07) is 0. The van der Waals surface area contributed by atoms with Crippen molar-refractivity contribution in [2.75, 3.05) is 33.5 Å². The first kappa shape index (κ1) is 10.4. The first-order chi connectivity index (χ1) is 6.20. The molecule has 1 heterocycles. The summed E-state index contributed by atoms with van der Waals surface area (Å²) in [5.74, 6) is -0.313. The third-order valence-corrected chi connectivity index (χ3v) is 1.97. The van der Waals surface area contributed by atoms with E-state index in [0.717, 1.165) is 19.6 Å². The molecule has 0 aliphatic carbocycles. The minimum Gasteiger partial charge on any atom is -0.439 e. The Kier molecular flexibility index (Phi) is 4.14. The molecular weight excluding hydrogens is 172 g/mol. The molecule has 0 aromatic heterocycles. The molecule has 0 spiro atoms. The van der Waals surface area contributed by atoms with Crippen LogP contribution in [0.25, 0.3) is 0 Å². The van der Waals surface area contributed by atoms with Crippen LogP contribution in [0.5, 0.6) is 0 Å². The number of carbonyl (C=O) groups is 1. The molecule has 0 radical (unpaired) electrons. The average Bonchev–Trinajstić information content (AvgIpc) is 2.08. The summed E-state index contributed by atoms with van der Waals surface area (Å²) < 4.78 is 10.0. The van der Waals surface area contributed by atoms with Crippen LogP contribution in [-0.4, -0.2) is 50.6 Å². The molecule has 1 rings (SSSR count). The lowest BCUT2D eigenvalue weighted by atomic mass is 10.3. The summed E-state index contributed by atoms with van der Waals surface area (Å²) >= 11 is 0. The molecule has 0 aromatic rings. The molecule has 1 saturated heterocycles. The highest BCUT2D eigenvalue weighted by Crippen LogP contribution is 2.01. The number of hydrogen-bond donors (Lipinski definition) is 1. The molecule has 1 aliphatic rings. The predicted molar refractivity (Wildman–Crippen MR) is 47.0 cm³/mol. The van der Waals surface area contributed by atoms with Gasteiger partial charge >= 0.3 is 5.97 Å². The van der Waals surface area contributed by atoms with Crippen LogP contribution in [0.1, 0.15) is 6.92 Å². The quantitative estimate of drug-likeness (QED) is 0.473. The fourth-order valence-corrected chi connectivity index (χ4v) is 1.16. The molecule has 0 aromatic carbocycles. The highest BCUT2D eigenvalue weighted by molar-refractivity contribution is 5.65. The van der Waals surface area contributed by atoms with E-state index in [1.165, 1.54) is 6.92 Å². The van der Waals surface area contributed by atoms with E-state index in [9.17, 15) is 4.79 Å². The second kappa shape index (κ2) is 5.16. The Hall–Kier alpha value is -0.650. The molecule has 5 nitrogen and oxygen atoms in total. The van der Waals surface area contributed by atoms with Crippen molar-refractivity contribution in [3.63, 3.8) is 0 Å². The van der Waals surface area contributed by atoms with Gasteiger partial charge in [0, 0.05) is 26.6 Å². The lowest BCUT2D eigenvalue weighted by Crippen LogP contribution is -2.50. The Bertz CT molecular complexity index is 175. The van der Waals surface area contributed by atoms with E-state index in [0.29, 0.717) is 0 Å². The largest absolute Gasteiger partial charge is 0.439 e. The summed E-state index contributed by atoms with van der Waals surface area (Å²) in [6.45, 7) is 4.10. The van der Waals surface area contributed by atoms with Crippen LogP contribution in [0.4, 0.5) is 0 Å². The Labute approximate surface area is 78.0 Å². The van der Waals surface area contributed by atoms with Gasteiger partial charge in [-0.15, -0.1) is 0 Å². The van der Waals surface area contributed by atoms with Crippen LogP contribution in [0.3, 0.4) is 0 Å². The zero-order valence-corrected chi connectivity index (χ0v) is 8.08. The Balaban J connectivity index is 2.15. The fraction of sp³-hybridized carbons (Fsp3) is 0.875. The van der Waals surface area contributed by atoms with E-state index < -0.39 is 0 Å². The number of likely N-dealkylation sites (N-methyl/N-ethyl adjacent to an activating group) is 1. The van der Waals surface area contributed by atoms with Crippen LogP contribution in [-0.2, 0) is 14.3 Å². The molecule has 1 aliphatic heterocycles. The molecule has 5 heteroatoms. The Morgan fingerprint density at radius 3 is 3.08 bits per heavy atom. The second-order valence-electron chi connectivity index (χ2n) is 3.06. The number of nitrogens with one attached hydrogen (secondary N) is 1. The highest BCUT2D eigenvalue weighted by atomic mass is 16.7. The minimum atomic E-state index is -0.313. The topological polar surface area (TPSA) is 50.8 Å². The second-order valence-corrected chi connectivity index (χ2v) is 3.06. The number of nitrogens with zero attached hydrogens (tertiary/aromatic N) is 1. The first-order valence-corrected chi connectivity index (χ1v) is 4.36. The van der Waals surface area contributed by atoms with E-state index in [1.807, 2.05) is 7.05 Å². The van der Waals surface area contributed by atoms with E-state index in [2.05, 4.69) is 15.0 Å². The number of rotatable bonds is 3. The van der Waals surface area contributed by atoms with Gasteiger partial charge in [-0.05, 0) is 7.05 Å². The van der Waals surface area contributed by atoms with Gasteiger partial charge in [-0.1, -0.05) is 0 Å². The molecule has 1 fully saturated rings. The van der Waals surface area contributed by atoms with Crippen molar-refractivity contribution in [1.82, 2.24) is 10.2 Å². The Morgan fingerprint density at radius 1 is 1.69 bits per heavy atom. The molecule has 0 amide bonds. The molecule has 13 heavy (non-hydrogen) atoms. The van der Waals surface area contributed by atoms with Crippen molar-refractivity contribution in [1.29, 1.82) is 0 Å². The molecule has 1 N–H and O–H groups in total. The summed E-state index contributed by atoms with van der Waals surface area (Å²) in [5, 5.41) is 3.20. The zero-order valence-electron chi connectivity index (χ0n) is 8.08. The molecular formula is C8H16N2O3. The van der Waals surface area contributed by atoms with Crippen molar-refractivity contribution in [2.45, 2.75) is 13.2 Å². The third-order valence-electron chi connectivity index (χ3n) is 1.97. The SMILES string of the molecule is CC(=O)OCOC1CNCCN1C. The summed E-state index contributed by atoms with van der Waals surface area (Å²) in [7, 11) is 1.99. The maximum absolute atomic E-state index is 10.4. The van der Waals surface area contributed by atoms with Gasteiger partial charge in [-0.2, -0.15) is 0 Å². The van der Waals surface area contributed by atoms with Gasteiger partial charge in [0.25, 0.3) is 0 Å². The van der Waals surface area contributed by atoms with Gasteiger partial charge in [0.1, 0.15) is 6.23 Å². The van der Waals surface area contributed by atoms with Crippen LogP contribution >= 0.6 is 0 Å². The van der Waals surface area contributed by atoms with Crippen LogP contribution in [0.15, 0.2) is 0 Å². The minimum absolute atomic E-state index is 0.00750. The van der Waals surface area contributed by atoms with E-state index >= 15 is 0 Å². The zero-order chi connectivity index (χ0) is 9.68. The third kappa shape index (κ3) is 3.71. The van der Waals surface area contributed by atoms with Crippen molar-refractivity contribution >= 4 is 5.97 Å². The number of ether oxygens (including phenoxy) is 2. The van der Waals surface area contributed by atoms with Crippen molar-refractivity contribution in [3.8, 4) is 0 Å². The number of esters is 1. The summed E-state index contributed by atoms with van der Waals surface area (Å²) in [5.41, 5.74) is 0. The van der Waals surface area contributed by atoms with E-state index in [4.69, 9.17) is 4.74 Å². The van der Waals surface area contributed by atoms with Gasteiger partial charge in [-0.3, -0.25) is 9.69 Å². The van der Waals surface area contributed by atoms with Crippen molar-refractivity contribution in [2.24, 2.45) is 0 Å². The van der Waals surface area contributed by atoms with Gasteiger partial charge in [-0.25, -0.2) is 0 Å². The monoisotopic (exact) mass is 188 g/mol. The van der Waals surface area contributed by atoms with Crippen molar-refractivity contribution in [3.05, 3.63) is 0 Å². The lowest BCUT2D eigenvalue weighted by Gasteiger charge is -2.32. The smallest absolute Gasteiger partial charge is 0.304 e. The fourth-order valence-electron chi connectivity index (χ4n) is 1.16. The summed E-state index contributed by atoms with van der Waals surface area (Å²) in [6.07, 6.45) is 0.00750. The molecule has 1 unspecified atom stereocenters. The predicted octanol–water partition coefficient (Wildman–Crippen LogP) is -0.615. The van der Waals surface area contributed by atoms with E-state index in [-0.39, 0.29) is 19.0 Å². The first-order valence-electron chi connectivity index (χ1n) is 4.36. The lowest BCUT2D eigenvalue weighted by molar-refractivity contribution is -0.169.